The van der Waals surface area contributed by atoms with Crippen LogP contribution >= 0.6 is 15.9 Å². The third-order valence-electron chi connectivity index (χ3n) is 1.96. The monoisotopic (exact) mass is 248 g/mol. The van der Waals surface area contributed by atoms with Crippen molar-refractivity contribution in [2.24, 2.45) is 0 Å². The lowest BCUT2D eigenvalue weighted by molar-refractivity contribution is 0.364. The normalized spacial score (nSPS) is 10.2. The van der Waals surface area contributed by atoms with Gasteiger partial charge >= 0.3 is 0 Å². The number of methoxy groups -OCH3 is 1. The summed E-state index contributed by atoms with van der Waals surface area (Å²) in [4.78, 5) is 0. The van der Waals surface area contributed by atoms with Gasteiger partial charge in [-0.15, -0.1) is 0 Å². The molecule has 2 nitrogen and oxygen atoms in total. The minimum Gasteiger partial charge on any atom is -0.503 e. The Labute approximate surface area is 84.5 Å². The molecule has 0 radical (unpaired) electrons. The van der Waals surface area contributed by atoms with E-state index in [4.69, 9.17) is 4.74 Å². The Hall–Kier alpha value is -0.770. The maximum Gasteiger partial charge on any atom is 0.172 e. The zero-order chi connectivity index (χ0) is 10.2. The predicted molar refractivity (Wildman–Crippen MR) is 51.8 cm³/mol. The molecule has 0 unspecified atom stereocenters. The highest BCUT2D eigenvalue weighted by molar-refractivity contribution is 9.10. The van der Waals surface area contributed by atoms with Gasteiger partial charge in [-0.1, -0.05) is 0 Å². The van der Waals surface area contributed by atoms with Gasteiger partial charge in [0, 0.05) is 11.1 Å². The maximum atomic E-state index is 13.4. The van der Waals surface area contributed by atoms with Gasteiger partial charge in [0.2, 0.25) is 0 Å². The third kappa shape index (κ3) is 1.50. The first-order valence-corrected chi connectivity index (χ1v) is 4.51. The van der Waals surface area contributed by atoms with Gasteiger partial charge in [0.05, 0.1) is 11.6 Å². The molecule has 4 heteroatoms. The van der Waals surface area contributed by atoms with Gasteiger partial charge in [-0.3, -0.25) is 0 Å². The van der Waals surface area contributed by atoms with Crippen LogP contribution in [-0.4, -0.2) is 12.2 Å². The van der Waals surface area contributed by atoms with E-state index in [1.165, 1.54) is 7.11 Å². The minimum absolute atomic E-state index is 0.0566. The van der Waals surface area contributed by atoms with E-state index < -0.39 is 0 Å². The van der Waals surface area contributed by atoms with Crippen molar-refractivity contribution in [2.45, 2.75) is 13.8 Å². The Balaban J connectivity index is 3.56. The van der Waals surface area contributed by atoms with E-state index in [0.717, 1.165) is 0 Å². The number of halogens is 2. The summed E-state index contributed by atoms with van der Waals surface area (Å²) in [5.74, 6) is -0.240. The molecule has 13 heavy (non-hydrogen) atoms. The second-order valence-corrected chi connectivity index (χ2v) is 3.55. The maximum absolute atomic E-state index is 13.4. The summed E-state index contributed by atoms with van der Waals surface area (Å²) < 4.78 is 18.6. The number of rotatable bonds is 1. The molecule has 0 aliphatic rings. The molecule has 0 aliphatic carbocycles. The van der Waals surface area contributed by atoms with Crippen LogP contribution in [0.3, 0.4) is 0 Å². The number of phenols is 1. The first kappa shape index (κ1) is 10.3. The highest BCUT2D eigenvalue weighted by atomic mass is 79.9. The summed E-state index contributed by atoms with van der Waals surface area (Å²) in [6.45, 7) is 3.15. The lowest BCUT2D eigenvalue weighted by atomic mass is 10.1. The molecule has 0 saturated carbocycles. The highest BCUT2D eigenvalue weighted by Crippen LogP contribution is 2.40. The zero-order valence-corrected chi connectivity index (χ0v) is 9.20. The topological polar surface area (TPSA) is 29.5 Å². The van der Waals surface area contributed by atoms with E-state index in [1.54, 1.807) is 13.8 Å². The van der Waals surface area contributed by atoms with Gasteiger partial charge in [0.15, 0.2) is 11.5 Å². The predicted octanol–water partition coefficient (Wildman–Crippen LogP) is 2.92. The molecule has 1 rings (SSSR count). The van der Waals surface area contributed by atoms with Gasteiger partial charge in [-0.2, -0.15) is 0 Å². The molecule has 1 N–H and O–H groups in total. The molecule has 0 aliphatic heterocycles. The SMILES string of the molecule is COc1c(C)c(F)c(C)c(Br)c1O. The standard InChI is InChI=1S/C9H10BrFO2/c1-4-6(10)8(12)9(13-3)5(2)7(4)11/h12H,1-3H3. The lowest BCUT2D eigenvalue weighted by Crippen LogP contribution is -1.96. The second-order valence-electron chi connectivity index (χ2n) is 2.76. The number of hydrogen-bond donors (Lipinski definition) is 1. The van der Waals surface area contributed by atoms with E-state index >= 15 is 0 Å². The van der Waals surface area contributed by atoms with Crippen LogP contribution in [0.25, 0.3) is 0 Å². The van der Waals surface area contributed by atoms with Crippen LogP contribution in [0.5, 0.6) is 11.5 Å². The fourth-order valence-electron chi connectivity index (χ4n) is 1.18. The first-order chi connectivity index (χ1) is 6.00. The van der Waals surface area contributed by atoms with Gasteiger partial charge in [0.1, 0.15) is 5.82 Å². The summed E-state index contributed by atoms with van der Waals surface area (Å²) in [5.41, 5.74) is 0.705. The third-order valence-corrected chi connectivity index (χ3v) is 2.93. The molecule has 0 atom stereocenters. The molecular formula is C9H10BrFO2. The van der Waals surface area contributed by atoms with Crippen LogP contribution in [0.4, 0.5) is 4.39 Å². The lowest BCUT2D eigenvalue weighted by Gasteiger charge is -2.12. The van der Waals surface area contributed by atoms with E-state index in [0.29, 0.717) is 15.6 Å². The summed E-state index contributed by atoms with van der Waals surface area (Å²) >= 11 is 3.09. The van der Waals surface area contributed by atoms with Crippen molar-refractivity contribution >= 4 is 15.9 Å². The van der Waals surface area contributed by atoms with E-state index in [2.05, 4.69) is 15.9 Å². The summed E-state index contributed by atoms with van der Waals surface area (Å²) in [7, 11) is 1.39. The highest BCUT2D eigenvalue weighted by Gasteiger charge is 2.17. The minimum atomic E-state index is -0.360. The molecule has 0 fully saturated rings. The zero-order valence-electron chi connectivity index (χ0n) is 7.61. The Morgan fingerprint density at radius 3 is 2.31 bits per heavy atom. The van der Waals surface area contributed by atoms with Crippen LogP contribution in [0.15, 0.2) is 4.47 Å². The average molecular weight is 249 g/mol. The van der Waals surface area contributed by atoms with E-state index in [1.807, 2.05) is 0 Å². The Kier molecular flexibility index (Phi) is 2.81. The van der Waals surface area contributed by atoms with Gasteiger partial charge in [0.25, 0.3) is 0 Å². The van der Waals surface area contributed by atoms with Gasteiger partial charge in [-0.25, -0.2) is 4.39 Å². The van der Waals surface area contributed by atoms with Crippen molar-refractivity contribution < 1.29 is 14.2 Å². The molecule has 72 valence electrons. The number of hydrogen-bond acceptors (Lipinski definition) is 2. The smallest absolute Gasteiger partial charge is 0.172 e. The van der Waals surface area contributed by atoms with Crippen molar-refractivity contribution in [1.29, 1.82) is 0 Å². The van der Waals surface area contributed by atoms with Crippen molar-refractivity contribution in [1.82, 2.24) is 0 Å². The molecular weight excluding hydrogens is 239 g/mol. The molecule has 0 spiro atoms. The number of aromatic hydroxyl groups is 1. The summed E-state index contributed by atoms with van der Waals surface area (Å²) in [6.07, 6.45) is 0. The number of phenolic OH excluding ortho intramolecular Hbond substituents is 1. The fourth-order valence-corrected chi connectivity index (χ4v) is 1.54. The fraction of sp³-hybridized carbons (Fsp3) is 0.333. The van der Waals surface area contributed by atoms with Gasteiger partial charge < -0.3 is 9.84 Å². The second kappa shape index (κ2) is 3.54. The number of benzene rings is 1. The molecule has 0 aromatic heterocycles. The van der Waals surface area contributed by atoms with Crippen LogP contribution in [0.1, 0.15) is 11.1 Å². The Bertz CT molecular complexity index is 321. The Morgan fingerprint density at radius 2 is 1.85 bits per heavy atom. The van der Waals surface area contributed by atoms with Crippen molar-refractivity contribution in [3.63, 3.8) is 0 Å². The Morgan fingerprint density at radius 1 is 1.31 bits per heavy atom. The molecule has 0 saturated heterocycles. The van der Waals surface area contributed by atoms with Crippen LogP contribution in [0.2, 0.25) is 0 Å². The molecule has 0 bridgehead atoms. The molecule has 0 amide bonds. The average Bonchev–Trinajstić information content (AvgIpc) is 2.13. The summed E-state index contributed by atoms with van der Waals surface area (Å²) in [5, 5.41) is 9.55. The summed E-state index contributed by atoms with van der Waals surface area (Å²) in [6, 6.07) is 0. The first-order valence-electron chi connectivity index (χ1n) is 3.71. The van der Waals surface area contributed by atoms with Crippen molar-refractivity contribution in [2.75, 3.05) is 7.11 Å². The van der Waals surface area contributed by atoms with Crippen LogP contribution < -0.4 is 4.74 Å². The largest absolute Gasteiger partial charge is 0.503 e. The molecule has 0 heterocycles. The van der Waals surface area contributed by atoms with Crippen molar-refractivity contribution in [3.05, 3.63) is 21.4 Å². The molecule has 1 aromatic carbocycles. The van der Waals surface area contributed by atoms with Crippen LogP contribution in [0, 0.1) is 19.7 Å². The van der Waals surface area contributed by atoms with Gasteiger partial charge in [-0.05, 0) is 29.8 Å². The quantitative estimate of drug-likeness (QED) is 0.829. The van der Waals surface area contributed by atoms with E-state index in [9.17, 15) is 9.50 Å². The molecule has 1 aromatic rings. The van der Waals surface area contributed by atoms with E-state index in [-0.39, 0.29) is 17.3 Å². The van der Waals surface area contributed by atoms with Crippen LogP contribution in [-0.2, 0) is 0 Å². The van der Waals surface area contributed by atoms with Crippen molar-refractivity contribution in [3.8, 4) is 11.5 Å². The number of ether oxygens (including phenoxy) is 1.